The molecular weight excluding hydrogens is 380 g/mol. The maximum absolute atomic E-state index is 8.25. The highest BCUT2D eigenvalue weighted by molar-refractivity contribution is 5.90. The highest BCUT2D eigenvalue weighted by atomic mass is 15.2. The summed E-state index contributed by atoms with van der Waals surface area (Å²) in [6.45, 7) is 17.1. The van der Waals surface area contributed by atoms with Crippen LogP contribution >= 0.6 is 0 Å². The Morgan fingerprint density at radius 1 is 0.800 bits per heavy atom. The summed E-state index contributed by atoms with van der Waals surface area (Å²) in [5.41, 5.74) is 10.3. The van der Waals surface area contributed by atoms with E-state index in [2.05, 4.69) is 30.8 Å². The molecule has 172 valence electrons. The first-order chi connectivity index (χ1) is 13.7. The summed E-state index contributed by atoms with van der Waals surface area (Å²) < 4.78 is 0. The minimum Gasteiger partial charge on any atom is -0.387 e. The van der Waals surface area contributed by atoms with Gasteiger partial charge in [0, 0.05) is 24.9 Å². The fourth-order valence-electron chi connectivity index (χ4n) is 1.88. The molecule has 0 rings (SSSR count). The topological polar surface area (TPSA) is 173 Å². The van der Waals surface area contributed by atoms with Gasteiger partial charge in [-0.25, -0.2) is 0 Å². The molecule has 0 bridgehead atoms. The van der Waals surface area contributed by atoms with E-state index in [4.69, 9.17) is 22.3 Å². The van der Waals surface area contributed by atoms with Crippen LogP contribution in [-0.2, 0) is 0 Å². The van der Waals surface area contributed by atoms with E-state index in [1.165, 1.54) is 0 Å². The number of amidine groups is 4. The monoisotopic (exact) mass is 422 g/mol. The molecule has 10 heteroatoms. The van der Waals surface area contributed by atoms with Crippen LogP contribution in [0.15, 0.2) is 20.2 Å². The van der Waals surface area contributed by atoms with E-state index >= 15 is 0 Å². The van der Waals surface area contributed by atoms with Crippen LogP contribution in [0.4, 0.5) is 0 Å². The lowest BCUT2D eigenvalue weighted by atomic mass is 10.0. The standard InChI is InChI=1S/C20H42N10/c1-13(2)15(21)25-9-11-27-17(23)19(5,6)29-30-20(7,8)18(24)28-12-10-26-16(22)14(3)4/h13-14H,9-12H2,1-8H3,(H2,21,25)(H2,22,26)(H2,23,27)(H2,24,28). The second kappa shape index (κ2) is 12.2. The van der Waals surface area contributed by atoms with Crippen molar-refractivity contribution in [3.8, 4) is 0 Å². The van der Waals surface area contributed by atoms with Crippen molar-refractivity contribution >= 4 is 23.3 Å². The van der Waals surface area contributed by atoms with E-state index in [9.17, 15) is 0 Å². The Labute approximate surface area is 181 Å². The highest BCUT2D eigenvalue weighted by Gasteiger charge is 2.27. The predicted molar refractivity (Wildman–Crippen MR) is 127 cm³/mol. The van der Waals surface area contributed by atoms with E-state index in [0.717, 1.165) is 0 Å². The molecule has 0 aliphatic carbocycles. The quantitative estimate of drug-likeness (QED) is 0.122. The van der Waals surface area contributed by atoms with Crippen molar-refractivity contribution in [2.45, 2.75) is 66.5 Å². The molecule has 0 unspecified atom stereocenters. The molecule has 0 aromatic heterocycles. The maximum atomic E-state index is 8.25. The van der Waals surface area contributed by atoms with E-state index in [1.54, 1.807) is 0 Å². The average Bonchev–Trinajstić information content (AvgIpc) is 2.65. The SMILES string of the molecule is CC(C)C(=N)NCCN=C(N)C(C)(C)N=NC(C)(C)C(=N)NCCN=C(N)C(C)C. The molecule has 0 aliphatic rings. The number of nitrogens with zero attached hydrogens (tertiary/aromatic N) is 4. The van der Waals surface area contributed by atoms with Gasteiger partial charge in [0.15, 0.2) is 0 Å². The first kappa shape index (κ1) is 27.5. The van der Waals surface area contributed by atoms with Crippen LogP contribution in [-0.4, -0.2) is 60.6 Å². The maximum Gasteiger partial charge on any atom is 0.132 e. The first-order valence-corrected chi connectivity index (χ1v) is 10.4. The zero-order valence-corrected chi connectivity index (χ0v) is 19.9. The molecule has 0 atom stereocenters. The van der Waals surface area contributed by atoms with Crippen LogP contribution in [0.3, 0.4) is 0 Å². The number of aliphatic imine (C=N–C) groups is 2. The van der Waals surface area contributed by atoms with E-state index in [-0.39, 0.29) is 17.7 Å². The van der Waals surface area contributed by atoms with Crippen LogP contribution in [0, 0.1) is 22.7 Å². The Morgan fingerprint density at radius 3 is 1.83 bits per heavy atom. The van der Waals surface area contributed by atoms with Gasteiger partial charge in [-0.05, 0) is 27.7 Å². The Morgan fingerprint density at radius 2 is 1.30 bits per heavy atom. The molecule has 0 saturated carbocycles. The van der Waals surface area contributed by atoms with Crippen LogP contribution in [0.1, 0.15) is 55.4 Å². The molecule has 0 aromatic carbocycles. The van der Waals surface area contributed by atoms with Gasteiger partial charge >= 0.3 is 0 Å². The molecule has 10 nitrogen and oxygen atoms in total. The predicted octanol–water partition coefficient (Wildman–Crippen LogP) is 2.16. The summed E-state index contributed by atoms with van der Waals surface area (Å²) in [5.74, 6) is 2.05. The largest absolute Gasteiger partial charge is 0.387 e. The minimum absolute atomic E-state index is 0.155. The number of hydrogen-bond donors (Lipinski definition) is 6. The van der Waals surface area contributed by atoms with Gasteiger partial charge in [0.1, 0.15) is 22.7 Å². The molecular formula is C20H42N10. The minimum atomic E-state index is -0.835. The van der Waals surface area contributed by atoms with E-state index in [1.807, 2.05) is 55.4 Å². The Balaban J connectivity index is 4.75. The number of nitrogens with two attached hydrogens (primary N) is 2. The number of nitrogens with one attached hydrogen (secondary N) is 4. The molecule has 0 amide bonds. The van der Waals surface area contributed by atoms with Gasteiger partial charge in [0.05, 0.1) is 24.8 Å². The second-order valence-electron chi connectivity index (χ2n) is 8.84. The van der Waals surface area contributed by atoms with E-state index < -0.39 is 11.1 Å². The highest BCUT2D eigenvalue weighted by Crippen LogP contribution is 2.16. The van der Waals surface area contributed by atoms with Gasteiger partial charge in [-0.1, -0.05) is 27.7 Å². The van der Waals surface area contributed by atoms with Crippen molar-refractivity contribution in [3.05, 3.63) is 0 Å². The molecule has 0 aromatic rings. The summed E-state index contributed by atoms with van der Waals surface area (Å²) >= 11 is 0. The fourth-order valence-corrected chi connectivity index (χ4v) is 1.88. The molecule has 0 heterocycles. The van der Waals surface area contributed by atoms with Crippen LogP contribution in [0.25, 0.3) is 0 Å². The molecule has 30 heavy (non-hydrogen) atoms. The summed E-state index contributed by atoms with van der Waals surface area (Å²) in [6.07, 6.45) is 0. The zero-order valence-electron chi connectivity index (χ0n) is 19.9. The van der Waals surface area contributed by atoms with Crippen molar-refractivity contribution in [2.75, 3.05) is 26.2 Å². The van der Waals surface area contributed by atoms with Crippen molar-refractivity contribution in [3.63, 3.8) is 0 Å². The van der Waals surface area contributed by atoms with Gasteiger partial charge in [-0.15, -0.1) is 0 Å². The zero-order chi connectivity index (χ0) is 23.5. The van der Waals surface area contributed by atoms with Crippen molar-refractivity contribution < 1.29 is 0 Å². The summed E-state index contributed by atoms with van der Waals surface area (Å²) in [6, 6.07) is 0. The van der Waals surface area contributed by atoms with Gasteiger partial charge in [0.25, 0.3) is 0 Å². The van der Waals surface area contributed by atoms with Crippen LogP contribution < -0.4 is 22.1 Å². The van der Waals surface area contributed by atoms with E-state index in [0.29, 0.717) is 43.7 Å². The van der Waals surface area contributed by atoms with Gasteiger partial charge < -0.3 is 22.1 Å². The molecule has 0 radical (unpaired) electrons. The van der Waals surface area contributed by atoms with Crippen molar-refractivity contribution in [1.29, 1.82) is 10.8 Å². The van der Waals surface area contributed by atoms with Gasteiger partial charge in [0.2, 0.25) is 0 Å². The lowest BCUT2D eigenvalue weighted by molar-refractivity contribution is 0.548. The second-order valence-corrected chi connectivity index (χ2v) is 8.84. The first-order valence-electron chi connectivity index (χ1n) is 10.4. The third-order valence-electron chi connectivity index (χ3n) is 4.37. The summed E-state index contributed by atoms with van der Waals surface area (Å²) in [5, 5.41) is 30.7. The Hall–Kier alpha value is -2.52. The molecule has 0 saturated heterocycles. The third kappa shape index (κ3) is 10.3. The normalized spacial score (nSPS) is 13.9. The van der Waals surface area contributed by atoms with Gasteiger partial charge in [-0.2, -0.15) is 10.2 Å². The van der Waals surface area contributed by atoms with Gasteiger partial charge in [-0.3, -0.25) is 20.8 Å². The number of rotatable bonds is 12. The molecule has 0 spiro atoms. The Bertz CT molecular complexity index is 656. The van der Waals surface area contributed by atoms with Crippen LogP contribution in [0.5, 0.6) is 0 Å². The van der Waals surface area contributed by atoms with Crippen molar-refractivity contribution in [2.24, 2.45) is 43.5 Å². The molecule has 0 fully saturated rings. The van der Waals surface area contributed by atoms with Crippen molar-refractivity contribution in [1.82, 2.24) is 10.6 Å². The summed E-state index contributed by atoms with van der Waals surface area (Å²) in [7, 11) is 0. The average molecular weight is 423 g/mol. The number of hydrogen-bond acceptors (Lipinski definition) is 6. The number of azo groups is 1. The smallest absolute Gasteiger partial charge is 0.132 e. The lowest BCUT2D eigenvalue weighted by Crippen LogP contribution is -2.42. The molecule has 0 aliphatic heterocycles. The summed E-state index contributed by atoms with van der Waals surface area (Å²) in [4.78, 5) is 8.62. The molecule has 8 N–H and O–H groups in total. The third-order valence-corrected chi connectivity index (χ3v) is 4.37. The van der Waals surface area contributed by atoms with Crippen LogP contribution in [0.2, 0.25) is 0 Å². The Kier molecular flexibility index (Phi) is 11.2. The lowest BCUT2D eigenvalue weighted by Gasteiger charge is -2.24. The fraction of sp³-hybridized carbons (Fsp3) is 0.800.